The summed E-state index contributed by atoms with van der Waals surface area (Å²) < 4.78 is 0. The number of rotatable bonds is 6. The Morgan fingerprint density at radius 3 is 2.80 bits per heavy atom. The van der Waals surface area contributed by atoms with E-state index >= 15 is 0 Å². The van der Waals surface area contributed by atoms with Crippen LogP contribution in [0.3, 0.4) is 0 Å². The minimum Gasteiger partial charge on any atom is -0.368 e. The standard InChI is InChI=1S/C16H28N4/c1-5-13-7-8-20(11-13)15-10-18-16(12(3)4)19-14(15)9-17-6-2/h10,12-13,17H,5-9,11H2,1-4H3. The Bertz CT molecular complexity index is 430. The average molecular weight is 276 g/mol. The van der Waals surface area contributed by atoms with E-state index in [1.165, 1.54) is 18.5 Å². The molecule has 1 atom stereocenters. The lowest BCUT2D eigenvalue weighted by Gasteiger charge is -2.22. The normalized spacial score (nSPS) is 19.1. The monoisotopic (exact) mass is 276 g/mol. The molecule has 2 rings (SSSR count). The van der Waals surface area contributed by atoms with Crippen molar-refractivity contribution >= 4 is 5.69 Å². The van der Waals surface area contributed by atoms with Crippen LogP contribution >= 0.6 is 0 Å². The van der Waals surface area contributed by atoms with E-state index in [9.17, 15) is 0 Å². The van der Waals surface area contributed by atoms with Crippen LogP contribution in [0.15, 0.2) is 6.20 Å². The first-order chi connectivity index (χ1) is 9.65. The van der Waals surface area contributed by atoms with Crippen molar-refractivity contribution in [3.63, 3.8) is 0 Å². The molecule has 0 bridgehead atoms. The lowest BCUT2D eigenvalue weighted by molar-refractivity contribution is 0.568. The van der Waals surface area contributed by atoms with Crippen molar-refractivity contribution < 1.29 is 0 Å². The van der Waals surface area contributed by atoms with Crippen LogP contribution in [0.25, 0.3) is 0 Å². The third-order valence-electron chi connectivity index (χ3n) is 4.13. The average Bonchev–Trinajstić information content (AvgIpc) is 2.93. The van der Waals surface area contributed by atoms with Crippen molar-refractivity contribution in [3.8, 4) is 0 Å². The van der Waals surface area contributed by atoms with Crippen molar-refractivity contribution in [1.82, 2.24) is 15.3 Å². The second-order valence-electron chi connectivity index (χ2n) is 6.00. The first-order valence-corrected chi connectivity index (χ1v) is 7.97. The maximum absolute atomic E-state index is 4.79. The molecule has 4 nitrogen and oxygen atoms in total. The highest BCUT2D eigenvalue weighted by Gasteiger charge is 2.24. The SMILES string of the molecule is CCNCc1nc(C(C)C)ncc1N1CCC(CC)C1. The fourth-order valence-electron chi connectivity index (χ4n) is 2.73. The van der Waals surface area contributed by atoms with Crippen LogP contribution in [0.2, 0.25) is 0 Å². The lowest BCUT2D eigenvalue weighted by atomic mass is 10.1. The van der Waals surface area contributed by atoms with Gasteiger partial charge < -0.3 is 10.2 Å². The zero-order chi connectivity index (χ0) is 14.5. The summed E-state index contributed by atoms with van der Waals surface area (Å²) in [5.41, 5.74) is 2.38. The quantitative estimate of drug-likeness (QED) is 0.867. The summed E-state index contributed by atoms with van der Waals surface area (Å²) >= 11 is 0. The van der Waals surface area contributed by atoms with Crippen LogP contribution in [0.4, 0.5) is 5.69 Å². The van der Waals surface area contributed by atoms with Crippen LogP contribution in [-0.2, 0) is 6.54 Å². The van der Waals surface area contributed by atoms with E-state index in [2.05, 4.69) is 42.9 Å². The summed E-state index contributed by atoms with van der Waals surface area (Å²) in [4.78, 5) is 11.8. The molecule has 0 aromatic carbocycles. The number of anilines is 1. The van der Waals surface area contributed by atoms with Crippen molar-refractivity contribution in [1.29, 1.82) is 0 Å². The molecule has 1 N–H and O–H groups in total. The van der Waals surface area contributed by atoms with Crippen LogP contribution < -0.4 is 10.2 Å². The molecular formula is C16H28N4. The summed E-state index contributed by atoms with van der Waals surface area (Å²) in [5.74, 6) is 2.16. The Balaban J connectivity index is 2.22. The van der Waals surface area contributed by atoms with Gasteiger partial charge >= 0.3 is 0 Å². The number of hydrogen-bond donors (Lipinski definition) is 1. The fourth-order valence-corrected chi connectivity index (χ4v) is 2.73. The molecule has 0 amide bonds. The molecule has 0 radical (unpaired) electrons. The lowest BCUT2D eigenvalue weighted by Crippen LogP contribution is -2.24. The Morgan fingerprint density at radius 2 is 2.20 bits per heavy atom. The van der Waals surface area contributed by atoms with Gasteiger partial charge in [0.05, 0.1) is 17.6 Å². The van der Waals surface area contributed by atoms with E-state index in [0.29, 0.717) is 5.92 Å². The molecule has 0 spiro atoms. The molecule has 0 saturated carbocycles. The first-order valence-electron chi connectivity index (χ1n) is 7.97. The van der Waals surface area contributed by atoms with E-state index in [-0.39, 0.29) is 0 Å². The highest BCUT2D eigenvalue weighted by atomic mass is 15.2. The summed E-state index contributed by atoms with van der Waals surface area (Å²) in [6.45, 7) is 12.8. The van der Waals surface area contributed by atoms with Gasteiger partial charge in [0.1, 0.15) is 5.82 Å². The molecule has 0 aliphatic carbocycles. The zero-order valence-corrected chi connectivity index (χ0v) is 13.3. The van der Waals surface area contributed by atoms with Gasteiger partial charge in [-0.15, -0.1) is 0 Å². The topological polar surface area (TPSA) is 41.1 Å². The van der Waals surface area contributed by atoms with E-state index in [4.69, 9.17) is 4.98 Å². The predicted octanol–water partition coefficient (Wildman–Crippen LogP) is 2.95. The molecule has 1 saturated heterocycles. The molecule has 1 aromatic rings. The van der Waals surface area contributed by atoms with Gasteiger partial charge in [-0.2, -0.15) is 0 Å². The van der Waals surface area contributed by atoms with Gasteiger partial charge in [-0.3, -0.25) is 0 Å². The Labute approximate surface area is 123 Å². The number of nitrogens with zero attached hydrogens (tertiary/aromatic N) is 3. The summed E-state index contributed by atoms with van der Waals surface area (Å²) in [6, 6.07) is 0. The highest BCUT2D eigenvalue weighted by molar-refractivity contribution is 5.50. The number of aromatic nitrogens is 2. The molecule has 1 aliphatic heterocycles. The van der Waals surface area contributed by atoms with Gasteiger partial charge in [-0.25, -0.2) is 9.97 Å². The van der Waals surface area contributed by atoms with Crippen LogP contribution in [0.5, 0.6) is 0 Å². The molecule has 20 heavy (non-hydrogen) atoms. The minimum absolute atomic E-state index is 0.381. The molecule has 1 aromatic heterocycles. The molecular weight excluding hydrogens is 248 g/mol. The maximum atomic E-state index is 4.79. The molecule has 1 aliphatic rings. The third kappa shape index (κ3) is 3.48. The van der Waals surface area contributed by atoms with E-state index in [1.807, 2.05) is 6.20 Å². The molecule has 4 heteroatoms. The highest BCUT2D eigenvalue weighted by Crippen LogP contribution is 2.28. The Hall–Kier alpha value is -1.16. The van der Waals surface area contributed by atoms with Gasteiger partial charge in [0.2, 0.25) is 0 Å². The third-order valence-corrected chi connectivity index (χ3v) is 4.13. The molecule has 112 valence electrons. The second-order valence-corrected chi connectivity index (χ2v) is 6.00. The van der Waals surface area contributed by atoms with E-state index in [0.717, 1.165) is 43.6 Å². The van der Waals surface area contributed by atoms with Crippen molar-refractivity contribution in [3.05, 3.63) is 17.7 Å². The number of hydrogen-bond acceptors (Lipinski definition) is 4. The van der Waals surface area contributed by atoms with Crippen molar-refractivity contribution in [2.45, 2.75) is 53.0 Å². The van der Waals surface area contributed by atoms with E-state index < -0.39 is 0 Å². The van der Waals surface area contributed by atoms with Gasteiger partial charge in [-0.1, -0.05) is 34.1 Å². The van der Waals surface area contributed by atoms with Gasteiger partial charge in [-0.05, 0) is 18.9 Å². The summed E-state index contributed by atoms with van der Waals surface area (Å²) in [5, 5.41) is 3.40. The van der Waals surface area contributed by atoms with Crippen LogP contribution in [0, 0.1) is 5.92 Å². The Morgan fingerprint density at radius 1 is 1.40 bits per heavy atom. The largest absolute Gasteiger partial charge is 0.368 e. The van der Waals surface area contributed by atoms with Gasteiger partial charge in [0, 0.05) is 25.6 Å². The second kappa shape index (κ2) is 7.02. The molecule has 2 heterocycles. The smallest absolute Gasteiger partial charge is 0.131 e. The number of nitrogens with one attached hydrogen (secondary N) is 1. The van der Waals surface area contributed by atoms with E-state index in [1.54, 1.807) is 0 Å². The zero-order valence-electron chi connectivity index (χ0n) is 13.3. The van der Waals surface area contributed by atoms with Crippen molar-refractivity contribution in [2.75, 3.05) is 24.5 Å². The summed E-state index contributed by atoms with van der Waals surface area (Å²) in [7, 11) is 0. The first kappa shape index (κ1) is 15.2. The van der Waals surface area contributed by atoms with Crippen LogP contribution in [0.1, 0.15) is 58.0 Å². The van der Waals surface area contributed by atoms with Gasteiger partial charge in [0.25, 0.3) is 0 Å². The maximum Gasteiger partial charge on any atom is 0.131 e. The minimum atomic E-state index is 0.381. The summed E-state index contributed by atoms with van der Waals surface area (Å²) in [6.07, 6.45) is 4.60. The van der Waals surface area contributed by atoms with Gasteiger partial charge in [0.15, 0.2) is 0 Å². The Kier molecular flexibility index (Phi) is 5.35. The van der Waals surface area contributed by atoms with Crippen molar-refractivity contribution in [2.24, 2.45) is 5.92 Å². The van der Waals surface area contributed by atoms with Crippen LogP contribution in [-0.4, -0.2) is 29.6 Å². The predicted molar refractivity (Wildman–Crippen MR) is 84.1 cm³/mol. The fraction of sp³-hybridized carbons (Fsp3) is 0.750. The molecule has 1 fully saturated rings. The molecule has 1 unspecified atom stereocenters.